The van der Waals surface area contributed by atoms with Gasteiger partial charge in [0.2, 0.25) is 0 Å². The lowest BCUT2D eigenvalue weighted by Crippen LogP contribution is -2.09. The summed E-state index contributed by atoms with van der Waals surface area (Å²) in [4.78, 5) is 4.59. The molecule has 19 heavy (non-hydrogen) atoms. The van der Waals surface area contributed by atoms with Crippen LogP contribution in [0.25, 0.3) is 0 Å². The van der Waals surface area contributed by atoms with Crippen molar-refractivity contribution >= 4 is 0 Å². The Balaban J connectivity index is 1.63. The highest BCUT2D eigenvalue weighted by molar-refractivity contribution is 5.35. The minimum atomic E-state index is 0.996. The van der Waals surface area contributed by atoms with Crippen LogP contribution < -0.4 is 0 Å². The van der Waals surface area contributed by atoms with Crippen molar-refractivity contribution < 1.29 is 0 Å². The van der Waals surface area contributed by atoms with Crippen LogP contribution in [0.2, 0.25) is 0 Å². The van der Waals surface area contributed by atoms with Gasteiger partial charge in [-0.15, -0.1) is 0 Å². The molecule has 0 saturated carbocycles. The predicted molar refractivity (Wildman–Crippen MR) is 76.4 cm³/mol. The summed E-state index contributed by atoms with van der Waals surface area (Å²) in [7, 11) is 0. The summed E-state index contributed by atoms with van der Waals surface area (Å²) in [5.41, 5.74) is 7.40. The summed E-state index contributed by atoms with van der Waals surface area (Å²) in [6, 6.07) is 7.05. The molecule has 0 spiro atoms. The van der Waals surface area contributed by atoms with Gasteiger partial charge >= 0.3 is 0 Å². The molecule has 0 saturated heterocycles. The summed E-state index contributed by atoms with van der Waals surface area (Å²) in [6.45, 7) is 0.996. The zero-order valence-corrected chi connectivity index (χ0v) is 11.4. The van der Waals surface area contributed by atoms with Crippen LogP contribution in [0, 0.1) is 0 Å². The average molecular weight is 252 g/mol. The second-order valence-corrected chi connectivity index (χ2v) is 5.93. The van der Waals surface area contributed by atoms with Gasteiger partial charge in [0.1, 0.15) is 0 Å². The Morgan fingerprint density at radius 3 is 2.84 bits per heavy atom. The van der Waals surface area contributed by atoms with E-state index < -0.39 is 0 Å². The summed E-state index contributed by atoms with van der Waals surface area (Å²) in [5.74, 6) is 0. The van der Waals surface area contributed by atoms with E-state index >= 15 is 0 Å². The monoisotopic (exact) mass is 252 g/mol. The Morgan fingerprint density at radius 2 is 1.84 bits per heavy atom. The van der Waals surface area contributed by atoms with Gasteiger partial charge in [0.25, 0.3) is 0 Å². The maximum atomic E-state index is 4.59. The van der Waals surface area contributed by atoms with E-state index in [9.17, 15) is 0 Å². The van der Waals surface area contributed by atoms with Crippen LogP contribution in [0.3, 0.4) is 0 Å². The molecule has 1 aromatic heterocycles. The van der Waals surface area contributed by atoms with Gasteiger partial charge in [0.05, 0.1) is 12.0 Å². The molecular weight excluding hydrogens is 232 g/mol. The first kappa shape index (κ1) is 11.3. The Kier molecular flexibility index (Phi) is 2.68. The fraction of sp³-hybridized carbons (Fsp3) is 0.471. The maximum Gasteiger partial charge on any atom is 0.0954 e. The number of imidazole rings is 1. The predicted octanol–water partition coefficient (Wildman–Crippen LogP) is 3.30. The summed E-state index contributed by atoms with van der Waals surface area (Å²) >= 11 is 0. The summed E-state index contributed by atoms with van der Waals surface area (Å²) in [5, 5.41) is 0. The van der Waals surface area contributed by atoms with Gasteiger partial charge in [-0.3, -0.25) is 0 Å². The highest BCUT2D eigenvalue weighted by Crippen LogP contribution is 2.25. The molecule has 2 heteroatoms. The van der Waals surface area contributed by atoms with Crippen LogP contribution in [0.5, 0.6) is 0 Å². The molecule has 1 heterocycles. The van der Waals surface area contributed by atoms with Crippen LogP contribution in [0.4, 0.5) is 0 Å². The second-order valence-electron chi connectivity index (χ2n) is 5.93. The molecule has 0 amide bonds. The number of aromatic nitrogens is 2. The van der Waals surface area contributed by atoms with E-state index in [2.05, 4.69) is 27.8 Å². The molecule has 0 aliphatic heterocycles. The smallest absolute Gasteiger partial charge is 0.0954 e. The van der Waals surface area contributed by atoms with Crippen molar-refractivity contribution in [1.29, 1.82) is 0 Å². The third-order valence-corrected chi connectivity index (χ3v) is 4.63. The van der Waals surface area contributed by atoms with E-state index in [1.165, 1.54) is 61.9 Å². The van der Waals surface area contributed by atoms with Crippen LogP contribution in [0.1, 0.15) is 47.3 Å². The minimum Gasteiger partial charge on any atom is -0.330 e. The van der Waals surface area contributed by atoms with Gasteiger partial charge in [0, 0.05) is 12.2 Å². The molecule has 0 bridgehead atoms. The fourth-order valence-electron chi connectivity index (χ4n) is 3.59. The molecule has 1 aromatic carbocycles. The van der Waals surface area contributed by atoms with E-state index in [-0.39, 0.29) is 0 Å². The number of fused-ring (bicyclic) bond motifs is 2. The lowest BCUT2D eigenvalue weighted by Gasteiger charge is -2.14. The van der Waals surface area contributed by atoms with Gasteiger partial charge in [-0.05, 0) is 61.6 Å². The van der Waals surface area contributed by atoms with Gasteiger partial charge in [-0.25, -0.2) is 4.98 Å². The average Bonchev–Trinajstić information content (AvgIpc) is 3.06. The molecule has 0 unspecified atom stereocenters. The highest BCUT2D eigenvalue weighted by Gasteiger charge is 2.16. The largest absolute Gasteiger partial charge is 0.330 e. The Morgan fingerprint density at radius 1 is 0.947 bits per heavy atom. The minimum absolute atomic E-state index is 0.996. The van der Waals surface area contributed by atoms with Crippen molar-refractivity contribution in [2.24, 2.45) is 0 Å². The number of hydrogen-bond acceptors (Lipinski definition) is 1. The van der Waals surface area contributed by atoms with E-state index in [1.54, 1.807) is 11.1 Å². The topological polar surface area (TPSA) is 17.8 Å². The van der Waals surface area contributed by atoms with Crippen molar-refractivity contribution in [2.45, 2.75) is 51.5 Å². The number of nitrogens with zero attached hydrogens (tertiary/aromatic N) is 2. The molecule has 0 atom stereocenters. The molecule has 0 fully saturated rings. The van der Waals surface area contributed by atoms with Crippen molar-refractivity contribution in [2.75, 3.05) is 0 Å². The van der Waals surface area contributed by atoms with Crippen LogP contribution in [-0.4, -0.2) is 9.55 Å². The lowest BCUT2D eigenvalue weighted by molar-refractivity contribution is 0.628. The van der Waals surface area contributed by atoms with Crippen molar-refractivity contribution in [3.05, 3.63) is 52.6 Å². The molecule has 2 aromatic rings. The van der Waals surface area contributed by atoms with E-state index in [0.717, 1.165) is 6.54 Å². The number of benzene rings is 1. The highest BCUT2D eigenvalue weighted by atomic mass is 15.1. The molecule has 4 rings (SSSR count). The normalized spacial score (nSPS) is 17.3. The first-order chi connectivity index (χ1) is 9.40. The maximum absolute atomic E-state index is 4.59. The zero-order valence-electron chi connectivity index (χ0n) is 11.4. The number of rotatable bonds is 2. The molecule has 0 radical (unpaired) electrons. The Hall–Kier alpha value is -1.57. The van der Waals surface area contributed by atoms with Crippen LogP contribution >= 0.6 is 0 Å². The standard InChI is InChI=1S/C17H20N2/c1-2-7-17-16(6-1)18-12-19(17)11-13-8-9-14-4-3-5-15(14)10-13/h8-10,12H,1-7,11H2. The second kappa shape index (κ2) is 4.52. The number of hydrogen-bond donors (Lipinski definition) is 0. The SMILES string of the molecule is c1cc2c(cc1Cn1cnc3c1CCCC3)CCC2. The zero-order chi connectivity index (χ0) is 12.7. The molecule has 2 aliphatic carbocycles. The molecule has 2 nitrogen and oxygen atoms in total. The van der Waals surface area contributed by atoms with Crippen molar-refractivity contribution in [3.8, 4) is 0 Å². The third kappa shape index (κ3) is 1.99. The Labute approximate surface area is 114 Å². The Bertz CT molecular complexity index is 610. The first-order valence-corrected chi connectivity index (χ1v) is 7.54. The molecule has 2 aliphatic rings. The van der Waals surface area contributed by atoms with Gasteiger partial charge in [-0.2, -0.15) is 0 Å². The fourth-order valence-corrected chi connectivity index (χ4v) is 3.59. The quantitative estimate of drug-likeness (QED) is 0.802. The first-order valence-electron chi connectivity index (χ1n) is 7.54. The van der Waals surface area contributed by atoms with Crippen LogP contribution in [-0.2, 0) is 32.2 Å². The van der Waals surface area contributed by atoms with E-state index in [4.69, 9.17) is 0 Å². The van der Waals surface area contributed by atoms with Gasteiger partial charge < -0.3 is 4.57 Å². The van der Waals surface area contributed by atoms with Gasteiger partial charge in [0.15, 0.2) is 0 Å². The number of aryl methyl sites for hydroxylation is 3. The van der Waals surface area contributed by atoms with Gasteiger partial charge in [-0.1, -0.05) is 18.2 Å². The summed E-state index contributed by atoms with van der Waals surface area (Å²) in [6.07, 6.45) is 10.9. The van der Waals surface area contributed by atoms with Crippen LogP contribution in [0.15, 0.2) is 24.5 Å². The summed E-state index contributed by atoms with van der Waals surface area (Å²) < 4.78 is 2.37. The van der Waals surface area contributed by atoms with E-state index in [0.29, 0.717) is 0 Å². The van der Waals surface area contributed by atoms with Crippen molar-refractivity contribution in [1.82, 2.24) is 9.55 Å². The van der Waals surface area contributed by atoms with E-state index in [1.807, 2.05) is 6.33 Å². The lowest BCUT2D eigenvalue weighted by atomic mass is 10.0. The van der Waals surface area contributed by atoms with Crippen molar-refractivity contribution in [3.63, 3.8) is 0 Å². The third-order valence-electron chi connectivity index (χ3n) is 4.63. The molecular formula is C17H20N2. The molecule has 0 N–H and O–H groups in total. The molecule has 98 valence electrons.